The topological polar surface area (TPSA) is 90.5 Å². The van der Waals surface area contributed by atoms with Crippen molar-refractivity contribution < 1.29 is 23.9 Å². The van der Waals surface area contributed by atoms with Gasteiger partial charge in [0.15, 0.2) is 0 Å². The summed E-state index contributed by atoms with van der Waals surface area (Å²) in [6.45, 7) is 5.55. The average molecular weight is 783 g/mol. The number of benzene rings is 6. The van der Waals surface area contributed by atoms with Crippen molar-refractivity contribution in [1.82, 2.24) is 9.80 Å². The van der Waals surface area contributed by atoms with Gasteiger partial charge in [-0.05, 0) is 82.6 Å². The second-order valence-electron chi connectivity index (χ2n) is 15.3. The predicted molar refractivity (Wildman–Crippen MR) is 228 cm³/mol. The number of rotatable bonds is 12. The number of piperazine rings is 2. The van der Waals surface area contributed by atoms with Crippen molar-refractivity contribution in [2.45, 2.75) is 39.1 Å². The standard InChI is InChI=1S/C50H46N4O5/c1-35-27-41(53-45(55)31-51(32-46(53)56)29-37-15-7-3-8-16-37)23-25-43(35)49(39-19-11-5-12-20-39)59-50(40-21-13-6-14-22-40)44-26-24-42(28-36(44)2)54-47(57)33-52(34-48(54)58)30-38-17-9-4-10-18-38/h3-28,49-50H,29-34H2,1-2H3. The van der Waals surface area contributed by atoms with Crippen LogP contribution in [-0.4, -0.2) is 59.6 Å². The number of hydrogen-bond donors (Lipinski definition) is 0. The van der Waals surface area contributed by atoms with E-state index in [1.807, 2.05) is 181 Å². The number of amides is 4. The van der Waals surface area contributed by atoms with Crippen LogP contribution in [0.15, 0.2) is 158 Å². The molecule has 0 radical (unpaired) electrons. The molecule has 0 N–H and O–H groups in total. The van der Waals surface area contributed by atoms with Crippen LogP contribution in [-0.2, 0) is 37.0 Å². The van der Waals surface area contributed by atoms with Crippen LogP contribution in [0.2, 0.25) is 0 Å². The van der Waals surface area contributed by atoms with E-state index in [0.29, 0.717) is 24.5 Å². The van der Waals surface area contributed by atoms with Gasteiger partial charge < -0.3 is 4.74 Å². The highest BCUT2D eigenvalue weighted by molar-refractivity contribution is 6.18. The van der Waals surface area contributed by atoms with E-state index in [-0.39, 0.29) is 49.8 Å². The largest absolute Gasteiger partial charge is 0.356 e. The molecule has 6 aromatic carbocycles. The zero-order valence-corrected chi connectivity index (χ0v) is 33.2. The van der Waals surface area contributed by atoms with Crippen molar-refractivity contribution in [2.75, 3.05) is 36.0 Å². The fourth-order valence-corrected chi connectivity index (χ4v) is 8.16. The Morgan fingerprint density at radius 2 is 0.763 bits per heavy atom. The van der Waals surface area contributed by atoms with Crippen LogP contribution in [0.1, 0.15) is 56.7 Å². The van der Waals surface area contributed by atoms with Gasteiger partial charge in [-0.3, -0.25) is 29.0 Å². The monoisotopic (exact) mass is 782 g/mol. The second kappa shape index (κ2) is 17.5. The summed E-state index contributed by atoms with van der Waals surface area (Å²) in [6, 6.07) is 51.0. The minimum Gasteiger partial charge on any atom is -0.356 e. The van der Waals surface area contributed by atoms with Crippen LogP contribution in [0.5, 0.6) is 0 Å². The van der Waals surface area contributed by atoms with E-state index in [1.165, 1.54) is 9.80 Å². The molecule has 2 saturated heterocycles. The summed E-state index contributed by atoms with van der Waals surface area (Å²) in [6.07, 6.45) is -1.07. The quantitative estimate of drug-likeness (QED) is 0.117. The molecule has 9 heteroatoms. The molecule has 296 valence electrons. The number of imide groups is 2. The normalized spacial score (nSPS) is 16.4. The van der Waals surface area contributed by atoms with Gasteiger partial charge in [0.1, 0.15) is 12.2 Å². The SMILES string of the molecule is Cc1cc(N2C(=O)CN(Cc3ccccc3)CC2=O)ccc1C(OC(c1ccccc1)c1ccc(N2C(=O)CN(Cc3ccccc3)CC2=O)cc1C)c1ccccc1. The molecule has 59 heavy (non-hydrogen) atoms. The Balaban J connectivity index is 1.06. The summed E-state index contributed by atoms with van der Waals surface area (Å²) >= 11 is 0. The minimum absolute atomic E-state index is 0.140. The van der Waals surface area contributed by atoms with E-state index in [1.54, 1.807) is 0 Å². The van der Waals surface area contributed by atoms with Gasteiger partial charge in [-0.25, -0.2) is 9.80 Å². The smallest absolute Gasteiger partial charge is 0.247 e. The van der Waals surface area contributed by atoms with Crippen LogP contribution in [0.25, 0.3) is 0 Å². The van der Waals surface area contributed by atoms with E-state index in [0.717, 1.165) is 44.5 Å². The Hall–Kier alpha value is -6.52. The molecule has 2 aliphatic rings. The highest BCUT2D eigenvalue weighted by Crippen LogP contribution is 2.40. The maximum Gasteiger partial charge on any atom is 0.247 e. The molecular formula is C50H46N4O5. The first kappa shape index (κ1) is 39.3. The lowest BCUT2D eigenvalue weighted by atomic mass is 9.93. The van der Waals surface area contributed by atoms with Crippen molar-refractivity contribution in [3.05, 3.63) is 202 Å². The van der Waals surface area contributed by atoms with E-state index in [2.05, 4.69) is 0 Å². The first-order chi connectivity index (χ1) is 28.7. The van der Waals surface area contributed by atoms with Gasteiger partial charge in [-0.15, -0.1) is 0 Å². The number of carbonyl (C=O) groups excluding carboxylic acids is 4. The zero-order valence-electron chi connectivity index (χ0n) is 33.2. The number of nitrogens with zero attached hydrogens (tertiary/aromatic N) is 4. The number of hydrogen-bond acceptors (Lipinski definition) is 7. The van der Waals surface area contributed by atoms with Crippen LogP contribution < -0.4 is 9.80 Å². The fourth-order valence-electron chi connectivity index (χ4n) is 8.16. The summed E-state index contributed by atoms with van der Waals surface area (Å²) in [5.74, 6) is -1.05. The first-order valence-electron chi connectivity index (χ1n) is 19.9. The van der Waals surface area contributed by atoms with Gasteiger partial charge in [0.2, 0.25) is 23.6 Å². The first-order valence-corrected chi connectivity index (χ1v) is 19.9. The summed E-state index contributed by atoms with van der Waals surface area (Å²) in [7, 11) is 0. The molecule has 0 aliphatic carbocycles. The van der Waals surface area contributed by atoms with Gasteiger partial charge in [-0.2, -0.15) is 0 Å². The number of carbonyl (C=O) groups is 4. The molecule has 0 saturated carbocycles. The Labute approximate surface area is 345 Å². The number of anilines is 2. The Morgan fingerprint density at radius 1 is 0.441 bits per heavy atom. The van der Waals surface area contributed by atoms with Gasteiger partial charge >= 0.3 is 0 Å². The van der Waals surface area contributed by atoms with E-state index in [4.69, 9.17) is 4.74 Å². The van der Waals surface area contributed by atoms with Crippen molar-refractivity contribution in [2.24, 2.45) is 0 Å². The molecule has 2 heterocycles. The molecule has 4 amide bonds. The average Bonchev–Trinajstić information content (AvgIpc) is 3.23. The third kappa shape index (κ3) is 8.83. The molecule has 0 spiro atoms. The molecule has 2 atom stereocenters. The number of aryl methyl sites for hydroxylation is 2. The summed E-state index contributed by atoms with van der Waals surface area (Å²) in [4.78, 5) is 60.3. The van der Waals surface area contributed by atoms with E-state index in [9.17, 15) is 19.2 Å². The van der Waals surface area contributed by atoms with Gasteiger partial charge in [0, 0.05) is 13.1 Å². The minimum atomic E-state index is -0.537. The maximum absolute atomic E-state index is 13.5. The summed E-state index contributed by atoms with van der Waals surface area (Å²) in [5, 5.41) is 0. The lowest BCUT2D eigenvalue weighted by Crippen LogP contribution is -2.53. The maximum atomic E-state index is 13.5. The van der Waals surface area contributed by atoms with Crippen LogP contribution in [0.4, 0.5) is 11.4 Å². The lowest BCUT2D eigenvalue weighted by molar-refractivity contribution is -0.133. The van der Waals surface area contributed by atoms with Crippen molar-refractivity contribution in [3.63, 3.8) is 0 Å². The Bertz CT molecular complexity index is 2250. The van der Waals surface area contributed by atoms with E-state index >= 15 is 0 Å². The van der Waals surface area contributed by atoms with Crippen molar-refractivity contribution in [1.29, 1.82) is 0 Å². The highest BCUT2D eigenvalue weighted by atomic mass is 16.5. The molecule has 8 rings (SSSR count). The predicted octanol–water partition coefficient (Wildman–Crippen LogP) is 7.95. The van der Waals surface area contributed by atoms with Crippen LogP contribution >= 0.6 is 0 Å². The molecule has 2 unspecified atom stereocenters. The molecule has 0 aromatic heterocycles. The number of ether oxygens (including phenoxy) is 1. The van der Waals surface area contributed by atoms with Crippen LogP contribution in [0.3, 0.4) is 0 Å². The molecule has 6 aromatic rings. The molecule has 2 aliphatic heterocycles. The third-order valence-electron chi connectivity index (χ3n) is 11.0. The van der Waals surface area contributed by atoms with Crippen molar-refractivity contribution >= 4 is 35.0 Å². The summed E-state index contributed by atoms with van der Waals surface area (Å²) in [5.41, 5.74) is 8.54. The fraction of sp³-hybridized carbons (Fsp3) is 0.200. The highest BCUT2D eigenvalue weighted by Gasteiger charge is 2.35. The summed E-state index contributed by atoms with van der Waals surface area (Å²) < 4.78 is 7.24. The zero-order chi connectivity index (χ0) is 40.9. The van der Waals surface area contributed by atoms with Gasteiger partial charge in [-0.1, -0.05) is 133 Å². The van der Waals surface area contributed by atoms with Gasteiger partial charge in [0.05, 0.1) is 37.6 Å². The molecule has 0 bridgehead atoms. The van der Waals surface area contributed by atoms with Gasteiger partial charge in [0.25, 0.3) is 0 Å². The van der Waals surface area contributed by atoms with Crippen LogP contribution in [0, 0.1) is 13.8 Å². The molecule has 9 nitrogen and oxygen atoms in total. The molecule has 2 fully saturated rings. The van der Waals surface area contributed by atoms with Crippen molar-refractivity contribution in [3.8, 4) is 0 Å². The molecular weight excluding hydrogens is 737 g/mol. The second-order valence-corrected chi connectivity index (χ2v) is 15.3. The Kier molecular flexibility index (Phi) is 11.7. The van der Waals surface area contributed by atoms with E-state index < -0.39 is 12.2 Å². The Morgan fingerprint density at radius 3 is 1.08 bits per heavy atom. The lowest BCUT2D eigenvalue weighted by Gasteiger charge is -2.34. The third-order valence-corrected chi connectivity index (χ3v) is 11.0.